The van der Waals surface area contributed by atoms with Crippen LogP contribution in [0.5, 0.6) is 5.75 Å². The number of rotatable bonds is 9. The highest BCUT2D eigenvalue weighted by Crippen LogP contribution is 2.28. The maximum Gasteiger partial charge on any atom is 0.407 e. The van der Waals surface area contributed by atoms with Crippen LogP contribution in [-0.4, -0.2) is 76.1 Å². The number of hydrogen-bond acceptors (Lipinski definition) is 8. The van der Waals surface area contributed by atoms with Crippen LogP contribution in [-0.2, 0) is 9.53 Å². The van der Waals surface area contributed by atoms with Gasteiger partial charge in [-0.2, -0.15) is 8.78 Å². The van der Waals surface area contributed by atoms with E-state index in [0.29, 0.717) is 49.5 Å². The molecule has 2 aromatic heterocycles. The van der Waals surface area contributed by atoms with E-state index in [4.69, 9.17) is 4.74 Å². The number of benzene rings is 2. The van der Waals surface area contributed by atoms with E-state index in [-0.39, 0.29) is 36.1 Å². The summed E-state index contributed by atoms with van der Waals surface area (Å²) >= 11 is 0. The molecule has 1 atom stereocenters. The van der Waals surface area contributed by atoms with E-state index in [0.717, 1.165) is 22.5 Å². The second-order valence-corrected chi connectivity index (χ2v) is 10.9. The summed E-state index contributed by atoms with van der Waals surface area (Å²) in [6.07, 6.45) is 5.32. The van der Waals surface area contributed by atoms with Crippen LogP contribution >= 0.6 is 0 Å². The van der Waals surface area contributed by atoms with Crippen molar-refractivity contribution in [2.24, 2.45) is 5.92 Å². The third-order valence-electron chi connectivity index (χ3n) is 7.93. The van der Waals surface area contributed by atoms with Crippen LogP contribution < -0.4 is 20.7 Å². The van der Waals surface area contributed by atoms with Gasteiger partial charge < -0.3 is 30.3 Å². The molecule has 2 aliphatic heterocycles. The van der Waals surface area contributed by atoms with Crippen LogP contribution in [0.3, 0.4) is 0 Å². The summed E-state index contributed by atoms with van der Waals surface area (Å²) in [5.74, 6) is 0.180. The molecular weight excluding hydrogens is 588 g/mol. The Balaban J connectivity index is 1.07. The van der Waals surface area contributed by atoms with Crippen LogP contribution in [0.2, 0.25) is 0 Å². The second-order valence-electron chi connectivity index (χ2n) is 10.9. The minimum absolute atomic E-state index is 0.0695. The largest absolute Gasteiger partial charge is 0.442 e. The molecular formula is C31H31F2N7O5. The van der Waals surface area contributed by atoms with Crippen molar-refractivity contribution in [2.75, 3.05) is 31.5 Å². The average Bonchev–Trinajstić information content (AvgIpc) is 3.66. The molecule has 2 fully saturated rings. The predicted octanol–water partition coefficient (Wildman–Crippen LogP) is 4.13. The van der Waals surface area contributed by atoms with Gasteiger partial charge in [-0.05, 0) is 67.8 Å². The molecule has 0 aliphatic carbocycles. The van der Waals surface area contributed by atoms with Crippen molar-refractivity contribution in [1.29, 1.82) is 0 Å². The van der Waals surface area contributed by atoms with E-state index in [1.165, 1.54) is 12.1 Å². The zero-order valence-corrected chi connectivity index (χ0v) is 24.3. The van der Waals surface area contributed by atoms with Gasteiger partial charge in [0.15, 0.2) is 11.5 Å². The van der Waals surface area contributed by atoms with Crippen molar-refractivity contribution >= 4 is 35.1 Å². The molecule has 3 amide bonds. The normalized spacial score (nSPS) is 16.8. The van der Waals surface area contributed by atoms with E-state index in [1.54, 1.807) is 41.7 Å². The number of likely N-dealkylation sites (tertiary alicyclic amines) is 1. The number of hydrogen-bond donors (Lipinski definition) is 3. The quantitative estimate of drug-likeness (QED) is 0.254. The number of imidazole rings is 1. The maximum absolute atomic E-state index is 13.4. The maximum atomic E-state index is 13.4. The number of aromatic nitrogens is 3. The number of alkyl halides is 2. The van der Waals surface area contributed by atoms with Crippen molar-refractivity contribution in [3.63, 3.8) is 0 Å². The molecule has 0 bridgehead atoms. The number of carbonyl (C=O) groups is 3. The first-order valence-electron chi connectivity index (χ1n) is 14.5. The number of piperidine rings is 1. The third kappa shape index (κ3) is 6.64. The topological polar surface area (TPSA) is 139 Å². The molecule has 0 unspecified atom stereocenters. The van der Waals surface area contributed by atoms with E-state index in [9.17, 15) is 23.2 Å². The highest BCUT2D eigenvalue weighted by atomic mass is 19.3. The van der Waals surface area contributed by atoms with E-state index >= 15 is 0 Å². The Morgan fingerprint density at radius 2 is 1.91 bits per heavy atom. The molecule has 45 heavy (non-hydrogen) atoms. The SMILES string of the molecule is Cc1cc(Nc2nccn3c(-c4ccc(OC(F)F)cc4)cnc23)ccc1C(=O)N1CCC(C(=O)NC[C@H]2CNC(=O)O2)CC1. The molecule has 2 aliphatic rings. The van der Waals surface area contributed by atoms with Crippen molar-refractivity contribution in [3.8, 4) is 17.0 Å². The second kappa shape index (κ2) is 12.8. The number of anilines is 2. The first-order chi connectivity index (χ1) is 21.7. The van der Waals surface area contributed by atoms with Gasteiger partial charge in [0, 0.05) is 48.2 Å². The van der Waals surface area contributed by atoms with Gasteiger partial charge in [0.05, 0.1) is 25.0 Å². The molecule has 14 heteroatoms. The Morgan fingerprint density at radius 1 is 1.13 bits per heavy atom. The molecule has 6 rings (SSSR count). The Hall–Kier alpha value is -5.27. The van der Waals surface area contributed by atoms with Gasteiger partial charge in [0.2, 0.25) is 5.91 Å². The molecule has 4 aromatic rings. The third-order valence-corrected chi connectivity index (χ3v) is 7.93. The van der Waals surface area contributed by atoms with E-state index < -0.39 is 12.7 Å². The fraction of sp³-hybridized carbons (Fsp3) is 0.323. The standard InChI is InChI=1S/C31H31F2N7O5/c1-18-14-21(38-26-27-35-17-25(40(27)13-10-34-26)19-2-5-22(6-3-19)44-30(32)33)4-7-24(18)29(42)39-11-8-20(9-12-39)28(41)36-15-23-16-37-31(43)45-23/h2-7,10,13-14,17,20,23,30H,8-9,11-12,15-16H2,1H3,(H,34,38)(H,36,41)(H,37,43)/t23-/m0/s1. The van der Waals surface area contributed by atoms with Crippen LogP contribution in [0.15, 0.2) is 61.1 Å². The summed E-state index contributed by atoms with van der Waals surface area (Å²) in [6, 6.07) is 11.8. The molecule has 12 nitrogen and oxygen atoms in total. The fourth-order valence-electron chi connectivity index (χ4n) is 5.57. The number of nitrogens with one attached hydrogen (secondary N) is 3. The molecule has 0 saturated carbocycles. The number of carbonyl (C=O) groups excluding carboxylic acids is 3. The van der Waals surface area contributed by atoms with Crippen LogP contribution in [0.4, 0.5) is 25.1 Å². The zero-order valence-electron chi connectivity index (χ0n) is 24.3. The first-order valence-corrected chi connectivity index (χ1v) is 14.5. The highest BCUT2D eigenvalue weighted by Gasteiger charge is 2.30. The van der Waals surface area contributed by atoms with Crippen LogP contribution in [0, 0.1) is 12.8 Å². The Labute approximate surface area is 256 Å². The summed E-state index contributed by atoms with van der Waals surface area (Å²) in [7, 11) is 0. The van der Waals surface area contributed by atoms with Crippen LogP contribution in [0.25, 0.3) is 16.9 Å². The lowest BCUT2D eigenvalue weighted by molar-refractivity contribution is -0.126. The minimum atomic E-state index is -2.89. The zero-order chi connectivity index (χ0) is 31.5. The number of halogens is 2. The summed E-state index contributed by atoms with van der Waals surface area (Å²) in [6.45, 7) is 0.537. The lowest BCUT2D eigenvalue weighted by atomic mass is 9.95. The van der Waals surface area contributed by atoms with Gasteiger partial charge in [-0.25, -0.2) is 14.8 Å². The molecule has 2 aromatic carbocycles. The van der Waals surface area contributed by atoms with Gasteiger partial charge >= 0.3 is 12.7 Å². The number of fused-ring (bicyclic) bond motifs is 1. The Kier molecular flexibility index (Phi) is 8.45. The number of alkyl carbamates (subject to hydrolysis) is 1. The Morgan fingerprint density at radius 3 is 2.60 bits per heavy atom. The molecule has 4 heterocycles. The van der Waals surface area contributed by atoms with Crippen molar-refractivity contribution in [1.82, 2.24) is 29.9 Å². The fourth-order valence-corrected chi connectivity index (χ4v) is 5.57. The number of nitrogens with zero attached hydrogens (tertiary/aromatic N) is 4. The minimum Gasteiger partial charge on any atom is -0.442 e. The monoisotopic (exact) mass is 619 g/mol. The molecule has 3 N–H and O–H groups in total. The lowest BCUT2D eigenvalue weighted by Gasteiger charge is -2.32. The van der Waals surface area contributed by atoms with Gasteiger partial charge in [0.25, 0.3) is 5.91 Å². The van der Waals surface area contributed by atoms with Crippen molar-refractivity contribution in [3.05, 3.63) is 72.2 Å². The smallest absolute Gasteiger partial charge is 0.407 e. The van der Waals surface area contributed by atoms with E-state index in [2.05, 4.69) is 30.7 Å². The number of ether oxygens (including phenoxy) is 2. The van der Waals surface area contributed by atoms with E-state index in [1.807, 2.05) is 23.5 Å². The average molecular weight is 620 g/mol. The van der Waals surface area contributed by atoms with Gasteiger partial charge in [-0.3, -0.25) is 14.0 Å². The Bertz CT molecular complexity index is 1720. The lowest BCUT2D eigenvalue weighted by Crippen LogP contribution is -2.44. The van der Waals surface area contributed by atoms with Crippen molar-refractivity contribution in [2.45, 2.75) is 32.5 Å². The number of aryl methyl sites for hydroxylation is 1. The highest BCUT2D eigenvalue weighted by molar-refractivity contribution is 5.96. The predicted molar refractivity (Wildman–Crippen MR) is 159 cm³/mol. The summed E-state index contributed by atoms with van der Waals surface area (Å²) in [4.78, 5) is 47.8. The summed E-state index contributed by atoms with van der Waals surface area (Å²) in [5.41, 5.74) is 4.15. The molecule has 0 radical (unpaired) electrons. The van der Waals surface area contributed by atoms with Gasteiger partial charge in [-0.15, -0.1) is 0 Å². The summed E-state index contributed by atoms with van der Waals surface area (Å²) < 4.78 is 36.3. The molecule has 2 saturated heterocycles. The van der Waals surface area contributed by atoms with Crippen molar-refractivity contribution < 1.29 is 32.6 Å². The molecule has 0 spiro atoms. The van der Waals surface area contributed by atoms with Gasteiger partial charge in [0.1, 0.15) is 11.9 Å². The number of amides is 3. The molecule has 234 valence electrons. The first kappa shape index (κ1) is 29.8. The van der Waals surface area contributed by atoms with Crippen LogP contribution in [0.1, 0.15) is 28.8 Å². The van der Waals surface area contributed by atoms with Gasteiger partial charge in [-0.1, -0.05) is 0 Å². The summed E-state index contributed by atoms with van der Waals surface area (Å²) in [5, 5.41) is 8.69. The number of cyclic esters (lactones) is 1.